The fraction of sp³-hybridized carbons (Fsp3) is 0.921. The van der Waals surface area contributed by atoms with E-state index >= 15 is 0 Å². The van der Waals surface area contributed by atoms with Gasteiger partial charge in [0.1, 0.15) is 0 Å². The molecular weight excluding hydrogens is 484 g/mol. The van der Waals surface area contributed by atoms with Crippen LogP contribution in [0.2, 0.25) is 0 Å². The van der Waals surface area contributed by atoms with Gasteiger partial charge in [0.25, 0.3) is 0 Å². The number of nitrogens with zero attached hydrogens (tertiary/aromatic N) is 2. The maximum Gasteiger partial charge on any atom is 0.240 e. The van der Waals surface area contributed by atoms with Crippen molar-refractivity contribution in [2.75, 3.05) is 0 Å². The van der Waals surface area contributed by atoms with E-state index in [0.717, 1.165) is 18.5 Å². The molecule has 1 heterocycles. The molecule has 1 aliphatic rings. The number of aliphatic imine (C=N–C) groups is 2. The summed E-state index contributed by atoms with van der Waals surface area (Å²) in [6.07, 6.45) is 50.7. The zero-order valence-electron chi connectivity index (χ0n) is 27.8. The third kappa shape index (κ3) is 26.1. The highest BCUT2D eigenvalue weighted by atomic mass is 15.0. The molecule has 0 saturated carbocycles. The van der Waals surface area contributed by atoms with Crippen LogP contribution >= 0.6 is 0 Å². The SMILES string of the molecule is CCCCCCCCCCCCCCCCC(CCCCCCCCCCCCCC)CCCC[C+]1N=CC=N1. The van der Waals surface area contributed by atoms with Gasteiger partial charge in [-0.3, -0.25) is 0 Å². The van der Waals surface area contributed by atoms with Crippen molar-refractivity contribution in [3.8, 4) is 0 Å². The summed E-state index contributed by atoms with van der Waals surface area (Å²) < 4.78 is 0. The zero-order chi connectivity index (χ0) is 28.6. The summed E-state index contributed by atoms with van der Waals surface area (Å²) >= 11 is 0. The van der Waals surface area contributed by atoms with E-state index in [-0.39, 0.29) is 0 Å². The van der Waals surface area contributed by atoms with E-state index in [1.54, 1.807) is 0 Å². The summed E-state index contributed by atoms with van der Waals surface area (Å²) in [6.45, 7) is 4.62. The average Bonchev–Trinajstić information content (AvgIpc) is 3.49. The first-order chi connectivity index (χ1) is 19.9. The van der Waals surface area contributed by atoms with Crippen LogP contribution in [0.25, 0.3) is 0 Å². The minimum absolute atomic E-state index is 0.959. The van der Waals surface area contributed by atoms with Crippen LogP contribution in [0.4, 0.5) is 0 Å². The maximum atomic E-state index is 4.35. The largest absolute Gasteiger partial charge is 0.240 e. The van der Waals surface area contributed by atoms with E-state index in [2.05, 4.69) is 23.8 Å². The Hall–Kier alpha value is -0.790. The van der Waals surface area contributed by atoms with Gasteiger partial charge in [-0.15, -0.1) is 0 Å². The van der Waals surface area contributed by atoms with Gasteiger partial charge in [0.15, 0.2) is 12.4 Å². The third-order valence-corrected chi connectivity index (χ3v) is 9.21. The summed E-state index contributed by atoms with van der Waals surface area (Å²) in [7, 11) is 0. The van der Waals surface area contributed by atoms with Crippen molar-refractivity contribution in [2.24, 2.45) is 15.9 Å². The first kappa shape index (κ1) is 37.2. The van der Waals surface area contributed by atoms with E-state index in [9.17, 15) is 0 Å². The summed E-state index contributed by atoms with van der Waals surface area (Å²) in [6, 6.07) is 0. The molecule has 0 amide bonds. The predicted molar refractivity (Wildman–Crippen MR) is 183 cm³/mol. The molecule has 1 atom stereocenters. The summed E-state index contributed by atoms with van der Waals surface area (Å²) in [5, 5.41) is 0. The van der Waals surface area contributed by atoms with Crippen molar-refractivity contribution < 1.29 is 0 Å². The molecule has 1 rings (SSSR count). The minimum Gasteiger partial charge on any atom is -0.0968 e. The van der Waals surface area contributed by atoms with Crippen LogP contribution in [-0.2, 0) is 0 Å². The van der Waals surface area contributed by atoms with Gasteiger partial charge in [-0.2, -0.15) is 0 Å². The van der Waals surface area contributed by atoms with Gasteiger partial charge in [-0.1, -0.05) is 216 Å². The van der Waals surface area contributed by atoms with Crippen LogP contribution in [0.15, 0.2) is 9.98 Å². The molecule has 2 nitrogen and oxygen atoms in total. The Bertz CT molecular complexity index is 528. The lowest BCUT2D eigenvalue weighted by molar-refractivity contribution is 0.366. The highest BCUT2D eigenvalue weighted by molar-refractivity contribution is 6.18. The van der Waals surface area contributed by atoms with Gasteiger partial charge in [0, 0.05) is 0 Å². The van der Waals surface area contributed by atoms with Gasteiger partial charge >= 0.3 is 0 Å². The fourth-order valence-electron chi connectivity index (χ4n) is 6.45. The summed E-state index contributed by atoms with van der Waals surface area (Å²) in [5.74, 6) is 0.959. The van der Waals surface area contributed by atoms with Crippen LogP contribution < -0.4 is 0 Å². The second-order valence-corrected chi connectivity index (χ2v) is 13.1. The average molecular weight is 558 g/mol. The molecule has 40 heavy (non-hydrogen) atoms. The molecule has 0 aromatic heterocycles. The van der Waals surface area contributed by atoms with E-state index in [4.69, 9.17) is 0 Å². The topological polar surface area (TPSA) is 24.7 Å². The molecule has 0 saturated heterocycles. The molecule has 0 N–H and O–H groups in total. The van der Waals surface area contributed by atoms with Crippen molar-refractivity contribution in [3.63, 3.8) is 0 Å². The lowest BCUT2D eigenvalue weighted by atomic mass is 9.89. The van der Waals surface area contributed by atoms with E-state index in [0.29, 0.717) is 0 Å². The predicted octanol–water partition coefficient (Wildman–Crippen LogP) is 13.8. The monoisotopic (exact) mass is 558 g/mol. The summed E-state index contributed by atoms with van der Waals surface area (Å²) in [4.78, 5) is 8.71. The smallest absolute Gasteiger partial charge is 0.0968 e. The van der Waals surface area contributed by atoms with Crippen LogP contribution in [0, 0.1) is 12.1 Å². The van der Waals surface area contributed by atoms with E-state index in [1.165, 1.54) is 199 Å². The van der Waals surface area contributed by atoms with Gasteiger partial charge in [-0.05, 0) is 12.3 Å². The molecule has 1 aliphatic heterocycles. The molecule has 2 heteroatoms. The minimum atomic E-state index is 0.959. The molecule has 0 aromatic carbocycles. The molecule has 1 unspecified atom stereocenters. The Morgan fingerprint density at radius 3 is 0.975 bits per heavy atom. The highest BCUT2D eigenvalue weighted by Gasteiger charge is 2.15. The second kappa shape index (κ2) is 31.2. The van der Waals surface area contributed by atoms with Crippen molar-refractivity contribution in [1.29, 1.82) is 0 Å². The molecular formula is C38H73N2+. The second-order valence-electron chi connectivity index (χ2n) is 13.1. The number of unbranched alkanes of at least 4 members (excludes halogenated alkanes) is 25. The van der Waals surface area contributed by atoms with Crippen LogP contribution in [-0.4, -0.2) is 12.4 Å². The molecule has 0 aliphatic carbocycles. The molecule has 0 fully saturated rings. The van der Waals surface area contributed by atoms with Gasteiger partial charge < -0.3 is 0 Å². The van der Waals surface area contributed by atoms with Crippen molar-refractivity contribution in [1.82, 2.24) is 0 Å². The molecule has 0 aromatic rings. The Morgan fingerprint density at radius 2 is 0.650 bits per heavy atom. The fourth-order valence-corrected chi connectivity index (χ4v) is 6.45. The molecule has 0 bridgehead atoms. The third-order valence-electron chi connectivity index (χ3n) is 9.21. The zero-order valence-corrected chi connectivity index (χ0v) is 27.8. The first-order valence-electron chi connectivity index (χ1n) is 18.8. The molecule has 234 valence electrons. The number of rotatable bonds is 33. The first-order valence-corrected chi connectivity index (χ1v) is 18.8. The van der Waals surface area contributed by atoms with Crippen LogP contribution in [0.5, 0.6) is 0 Å². The van der Waals surface area contributed by atoms with Crippen molar-refractivity contribution in [2.45, 2.75) is 219 Å². The van der Waals surface area contributed by atoms with Crippen molar-refractivity contribution in [3.05, 3.63) is 6.17 Å². The van der Waals surface area contributed by atoms with Gasteiger partial charge in [-0.25, -0.2) is 0 Å². The maximum absolute atomic E-state index is 4.35. The van der Waals surface area contributed by atoms with Crippen molar-refractivity contribution >= 4 is 12.4 Å². The molecule has 0 spiro atoms. The molecule has 0 radical (unpaired) electrons. The summed E-state index contributed by atoms with van der Waals surface area (Å²) in [5.41, 5.74) is 0. The van der Waals surface area contributed by atoms with Gasteiger partial charge in [0.05, 0.1) is 6.42 Å². The Morgan fingerprint density at radius 1 is 0.375 bits per heavy atom. The van der Waals surface area contributed by atoms with Crippen LogP contribution in [0.1, 0.15) is 219 Å². The Labute approximate surface area is 253 Å². The number of hydrogen-bond acceptors (Lipinski definition) is 2. The highest BCUT2D eigenvalue weighted by Crippen LogP contribution is 2.26. The normalized spacial score (nSPS) is 13.6. The Balaban J connectivity index is 2.03. The lowest BCUT2D eigenvalue weighted by Crippen LogP contribution is -2.02. The number of hydrogen-bond donors (Lipinski definition) is 0. The standard InChI is InChI=1S/C38H73N2/c1-3-5-7-9-11-13-15-17-18-20-22-24-26-28-32-37(33-29-30-34-38-39-35-36-40-38)31-27-25-23-21-19-16-14-12-10-8-6-4-2/h35-37H,3-34H2,1-2H3/q+1. The van der Waals surface area contributed by atoms with E-state index in [1.807, 2.05) is 12.4 Å². The lowest BCUT2D eigenvalue weighted by Gasteiger charge is -2.17. The van der Waals surface area contributed by atoms with Crippen LogP contribution in [0.3, 0.4) is 0 Å². The quantitative estimate of drug-likeness (QED) is 0.0566. The van der Waals surface area contributed by atoms with E-state index < -0.39 is 0 Å². The Kier molecular flexibility index (Phi) is 29.0. The van der Waals surface area contributed by atoms with Gasteiger partial charge in [0.2, 0.25) is 6.17 Å².